The molecule has 1 aromatic carbocycles. The zero-order chi connectivity index (χ0) is 15.7. The van der Waals surface area contributed by atoms with Crippen LogP contribution >= 0.6 is 0 Å². The average Bonchev–Trinajstić information content (AvgIpc) is 2.48. The van der Waals surface area contributed by atoms with E-state index in [0.717, 1.165) is 42.7 Å². The van der Waals surface area contributed by atoms with E-state index in [0.29, 0.717) is 13.2 Å². The lowest BCUT2D eigenvalue weighted by Gasteiger charge is -2.16. The average molecular weight is 292 g/mol. The number of benzene rings is 1. The number of anilines is 1. The van der Waals surface area contributed by atoms with E-state index in [1.807, 2.05) is 25.1 Å². The molecule has 0 aliphatic heterocycles. The number of carbonyl (C=O) groups is 1. The fourth-order valence-corrected chi connectivity index (χ4v) is 2.46. The molecule has 0 aliphatic rings. The Labute approximate surface area is 128 Å². The van der Waals surface area contributed by atoms with E-state index in [1.165, 1.54) is 0 Å². The highest BCUT2D eigenvalue weighted by atomic mass is 16.5. The first-order chi connectivity index (χ1) is 10.2. The third-order valence-electron chi connectivity index (χ3n) is 3.49. The Hall–Kier alpha value is -1.55. The van der Waals surface area contributed by atoms with Gasteiger partial charge in [-0.25, -0.2) is 0 Å². The highest BCUT2D eigenvalue weighted by Crippen LogP contribution is 2.24. The normalized spacial score (nSPS) is 10.7. The molecule has 1 rings (SSSR count). The van der Waals surface area contributed by atoms with Gasteiger partial charge in [0.1, 0.15) is 5.75 Å². The third kappa shape index (κ3) is 5.38. The summed E-state index contributed by atoms with van der Waals surface area (Å²) in [4.78, 5) is 12.3. The Morgan fingerprint density at radius 3 is 2.43 bits per heavy atom. The first-order valence-electron chi connectivity index (χ1n) is 7.92. The van der Waals surface area contributed by atoms with E-state index in [4.69, 9.17) is 10.5 Å². The van der Waals surface area contributed by atoms with Crippen LogP contribution in [0.15, 0.2) is 18.2 Å². The molecule has 0 radical (unpaired) electrons. The Morgan fingerprint density at radius 2 is 1.90 bits per heavy atom. The van der Waals surface area contributed by atoms with Gasteiger partial charge in [-0.3, -0.25) is 4.79 Å². The van der Waals surface area contributed by atoms with Crippen molar-refractivity contribution in [1.29, 1.82) is 0 Å². The molecule has 0 bridgehead atoms. The molecular weight excluding hydrogens is 264 g/mol. The van der Waals surface area contributed by atoms with E-state index in [-0.39, 0.29) is 11.8 Å². The minimum absolute atomic E-state index is 0.0906. The van der Waals surface area contributed by atoms with E-state index in [2.05, 4.69) is 19.2 Å². The maximum Gasteiger partial charge on any atom is 0.227 e. The van der Waals surface area contributed by atoms with Crippen LogP contribution in [0.25, 0.3) is 0 Å². The van der Waals surface area contributed by atoms with Gasteiger partial charge < -0.3 is 15.8 Å². The summed E-state index contributed by atoms with van der Waals surface area (Å²) in [6.45, 7) is 7.16. The van der Waals surface area contributed by atoms with Gasteiger partial charge in [-0.2, -0.15) is 0 Å². The van der Waals surface area contributed by atoms with Crippen molar-refractivity contribution in [3.63, 3.8) is 0 Å². The van der Waals surface area contributed by atoms with Crippen molar-refractivity contribution in [3.8, 4) is 5.75 Å². The number of ether oxygens (including phenoxy) is 1. The van der Waals surface area contributed by atoms with Gasteiger partial charge in [0, 0.05) is 23.7 Å². The summed E-state index contributed by atoms with van der Waals surface area (Å²) in [6, 6.07) is 5.64. The van der Waals surface area contributed by atoms with Crippen molar-refractivity contribution >= 4 is 11.6 Å². The summed E-state index contributed by atoms with van der Waals surface area (Å²) in [7, 11) is 0. The van der Waals surface area contributed by atoms with Crippen molar-refractivity contribution in [1.82, 2.24) is 0 Å². The van der Waals surface area contributed by atoms with Crippen LogP contribution in [0.2, 0.25) is 0 Å². The van der Waals surface area contributed by atoms with Gasteiger partial charge in [-0.05, 0) is 38.0 Å². The van der Waals surface area contributed by atoms with Crippen LogP contribution in [0.3, 0.4) is 0 Å². The Morgan fingerprint density at radius 1 is 1.24 bits per heavy atom. The standard InChI is InChI=1S/C17H28N2O2/c1-4-7-13(8-5-2)17(20)19-15-9-10-16(21-6-3)14(11-15)12-18/h9-11,13H,4-8,12,18H2,1-3H3,(H,19,20). The molecule has 4 heteroatoms. The molecule has 0 fully saturated rings. The molecule has 0 heterocycles. The van der Waals surface area contributed by atoms with Crippen molar-refractivity contribution in [2.45, 2.75) is 53.0 Å². The number of hydrogen-bond acceptors (Lipinski definition) is 3. The summed E-state index contributed by atoms with van der Waals surface area (Å²) >= 11 is 0. The molecule has 21 heavy (non-hydrogen) atoms. The molecule has 1 aromatic rings. The van der Waals surface area contributed by atoms with Crippen LogP contribution in [0.4, 0.5) is 5.69 Å². The van der Waals surface area contributed by atoms with Gasteiger partial charge in [0.15, 0.2) is 0 Å². The Kier molecular flexibility index (Phi) is 7.83. The van der Waals surface area contributed by atoms with E-state index >= 15 is 0 Å². The number of carbonyl (C=O) groups excluding carboxylic acids is 1. The fraction of sp³-hybridized carbons (Fsp3) is 0.588. The maximum atomic E-state index is 12.3. The van der Waals surface area contributed by atoms with E-state index in [9.17, 15) is 4.79 Å². The van der Waals surface area contributed by atoms with Crippen LogP contribution in [0.1, 0.15) is 52.0 Å². The maximum absolute atomic E-state index is 12.3. The predicted octanol–water partition coefficient (Wildman–Crippen LogP) is 3.70. The highest BCUT2D eigenvalue weighted by Gasteiger charge is 2.17. The summed E-state index contributed by atoms with van der Waals surface area (Å²) in [6.07, 6.45) is 3.91. The van der Waals surface area contributed by atoms with Crippen LogP contribution in [0.5, 0.6) is 5.75 Å². The van der Waals surface area contributed by atoms with Crippen molar-refractivity contribution in [2.24, 2.45) is 11.7 Å². The molecule has 1 amide bonds. The molecule has 3 N–H and O–H groups in total. The monoisotopic (exact) mass is 292 g/mol. The topological polar surface area (TPSA) is 64.3 Å². The number of hydrogen-bond donors (Lipinski definition) is 2. The van der Waals surface area contributed by atoms with Crippen molar-refractivity contribution in [3.05, 3.63) is 23.8 Å². The summed E-state index contributed by atoms with van der Waals surface area (Å²) < 4.78 is 5.52. The summed E-state index contributed by atoms with van der Waals surface area (Å²) in [5, 5.41) is 3.01. The highest BCUT2D eigenvalue weighted by molar-refractivity contribution is 5.92. The molecule has 0 aliphatic carbocycles. The molecule has 118 valence electrons. The second-order valence-electron chi connectivity index (χ2n) is 5.22. The lowest BCUT2D eigenvalue weighted by Crippen LogP contribution is -2.22. The van der Waals surface area contributed by atoms with Crippen LogP contribution < -0.4 is 15.8 Å². The van der Waals surface area contributed by atoms with Crippen molar-refractivity contribution < 1.29 is 9.53 Å². The van der Waals surface area contributed by atoms with Crippen molar-refractivity contribution in [2.75, 3.05) is 11.9 Å². The second kappa shape index (κ2) is 9.40. The fourth-order valence-electron chi connectivity index (χ4n) is 2.46. The number of amides is 1. The van der Waals surface area contributed by atoms with Crippen LogP contribution in [-0.4, -0.2) is 12.5 Å². The number of rotatable bonds is 9. The molecule has 0 saturated carbocycles. The quantitative estimate of drug-likeness (QED) is 0.729. The zero-order valence-corrected chi connectivity index (χ0v) is 13.4. The Bertz CT molecular complexity index is 440. The van der Waals surface area contributed by atoms with Crippen LogP contribution in [0, 0.1) is 5.92 Å². The largest absolute Gasteiger partial charge is 0.494 e. The summed E-state index contributed by atoms with van der Waals surface area (Å²) in [5.41, 5.74) is 7.45. The molecule has 0 atom stereocenters. The van der Waals surface area contributed by atoms with Gasteiger partial charge in [-0.1, -0.05) is 26.7 Å². The second-order valence-corrected chi connectivity index (χ2v) is 5.22. The zero-order valence-electron chi connectivity index (χ0n) is 13.4. The van der Waals surface area contributed by atoms with Gasteiger partial charge in [-0.15, -0.1) is 0 Å². The molecule has 0 spiro atoms. The minimum Gasteiger partial charge on any atom is -0.494 e. The minimum atomic E-state index is 0.0906. The number of nitrogens with two attached hydrogens (primary N) is 1. The van der Waals surface area contributed by atoms with E-state index in [1.54, 1.807) is 0 Å². The van der Waals surface area contributed by atoms with Gasteiger partial charge in [0.05, 0.1) is 6.61 Å². The lowest BCUT2D eigenvalue weighted by molar-refractivity contribution is -0.120. The first-order valence-corrected chi connectivity index (χ1v) is 7.92. The van der Waals surface area contributed by atoms with Gasteiger partial charge in [0.25, 0.3) is 0 Å². The molecule has 0 unspecified atom stereocenters. The summed E-state index contributed by atoms with van der Waals surface area (Å²) in [5.74, 6) is 0.982. The Balaban J connectivity index is 2.79. The first kappa shape index (κ1) is 17.5. The molecular formula is C17H28N2O2. The number of nitrogens with one attached hydrogen (secondary N) is 1. The molecule has 0 aromatic heterocycles. The van der Waals surface area contributed by atoms with Crippen LogP contribution in [-0.2, 0) is 11.3 Å². The van der Waals surface area contributed by atoms with Gasteiger partial charge >= 0.3 is 0 Å². The lowest BCUT2D eigenvalue weighted by atomic mass is 9.97. The van der Waals surface area contributed by atoms with E-state index < -0.39 is 0 Å². The SMILES string of the molecule is CCCC(CCC)C(=O)Nc1ccc(OCC)c(CN)c1. The van der Waals surface area contributed by atoms with Gasteiger partial charge in [0.2, 0.25) is 5.91 Å². The third-order valence-corrected chi connectivity index (χ3v) is 3.49. The predicted molar refractivity (Wildman–Crippen MR) is 87.4 cm³/mol. The molecule has 0 saturated heterocycles. The smallest absolute Gasteiger partial charge is 0.227 e. The molecule has 4 nitrogen and oxygen atoms in total.